The van der Waals surface area contributed by atoms with E-state index in [1.54, 1.807) is 26.4 Å². The first kappa shape index (κ1) is 17.5. The zero-order chi connectivity index (χ0) is 17.5. The van der Waals surface area contributed by atoms with Gasteiger partial charge in [0, 0.05) is 12.1 Å². The molecule has 2 aromatic carbocycles. The molecule has 0 aliphatic carbocycles. The van der Waals surface area contributed by atoms with E-state index < -0.39 is 0 Å². The van der Waals surface area contributed by atoms with Gasteiger partial charge in [0.25, 0.3) is 0 Å². The standard InChI is InChI=1S/C18H21NO5/c1-21-13-7-5-12(6-8-13)9-17(20)19-18-15(23-3)10-14(22-2)11-16(18)24-4/h5-8,10-11H,9H2,1-4H3,(H,19,20). The van der Waals surface area contributed by atoms with Crippen LogP contribution >= 0.6 is 0 Å². The zero-order valence-electron chi connectivity index (χ0n) is 14.2. The highest BCUT2D eigenvalue weighted by Gasteiger charge is 2.16. The molecular weight excluding hydrogens is 310 g/mol. The summed E-state index contributed by atoms with van der Waals surface area (Å²) in [7, 11) is 6.20. The van der Waals surface area contributed by atoms with Crippen LogP contribution in [0.15, 0.2) is 36.4 Å². The van der Waals surface area contributed by atoms with Crippen LogP contribution in [0.4, 0.5) is 5.69 Å². The van der Waals surface area contributed by atoms with Gasteiger partial charge < -0.3 is 24.3 Å². The van der Waals surface area contributed by atoms with Crippen LogP contribution in [0.5, 0.6) is 23.0 Å². The minimum Gasteiger partial charge on any atom is -0.497 e. The Labute approximate surface area is 141 Å². The molecule has 6 nitrogen and oxygen atoms in total. The van der Waals surface area contributed by atoms with Crippen LogP contribution in [0, 0.1) is 0 Å². The first-order valence-electron chi connectivity index (χ1n) is 7.34. The smallest absolute Gasteiger partial charge is 0.228 e. The summed E-state index contributed by atoms with van der Waals surface area (Å²) in [5.41, 5.74) is 1.35. The normalized spacial score (nSPS) is 10.0. The fourth-order valence-corrected chi connectivity index (χ4v) is 2.24. The number of methoxy groups -OCH3 is 4. The highest BCUT2D eigenvalue weighted by Crippen LogP contribution is 2.38. The first-order valence-corrected chi connectivity index (χ1v) is 7.34. The second-order valence-corrected chi connectivity index (χ2v) is 4.98. The molecule has 0 saturated carbocycles. The molecule has 0 aliphatic rings. The van der Waals surface area contributed by atoms with Crippen LogP contribution in [0.2, 0.25) is 0 Å². The van der Waals surface area contributed by atoms with Gasteiger partial charge in [-0.25, -0.2) is 0 Å². The molecule has 0 saturated heterocycles. The summed E-state index contributed by atoms with van der Waals surface area (Å²) in [6.07, 6.45) is 0.225. The van der Waals surface area contributed by atoms with Gasteiger partial charge in [0.1, 0.15) is 28.7 Å². The van der Waals surface area contributed by atoms with Crippen LogP contribution in [-0.2, 0) is 11.2 Å². The molecule has 0 radical (unpaired) electrons. The Bertz CT molecular complexity index is 672. The predicted molar refractivity (Wildman–Crippen MR) is 91.4 cm³/mol. The largest absolute Gasteiger partial charge is 0.497 e. The molecule has 0 atom stereocenters. The highest BCUT2D eigenvalue weighted by atomic mass is 16.5. The molecule has 0 unspecified atom stereocenters. The van der Waals surface area contributed by atoms with E-state index in [1.807, 2.05) is 24.3 Å². The SMILES string of the molecule is COc1ccc(CC(=O)Nc2c(OC)cc(OC)cc2OC)cc1. The number of anilines is 1. The lowest BCUT2D eigenvalue weighted by atomic mass is 10.1. The minimum absolute atomic E-state index is 0.179. The number of amides is 1. The maximum absolute atomic E-state index is 12.3. The molecule has 0 aromatic heterocycles. The van der Waals surface area contributed by atoms with E-state index in [0.717, 1.165) is 11.3 Å². The van der Waals surface area contributed by atoms with E-state index >= 15 is 0 Å². The van der Waals surface area contributed by atoms with Crippen molar-refractivity contribution in [3.05, 3.63) is 42.0 Å². The molecule has 0 bridgehead atoms. The van der Waals surface area contributed by atoms with E-state index in [4.69, 9.17) is 18.9 Å². The molecule has 24 heavy (non-hydrogen) atoms. The fourth-order valence-electron chi connectivity index (χ4n) is 2.24. The maximum Gasteiger partial charge on any atom is 0.228 e. The topological polar surface area (TPSA) is 66.0 Å². The Morgan fingerprint density at radius 2 is 1.38 bits per heavy atom. The molecular formula is C18H21NO5. The molecule has 2 rings (SSSR count). The van der Waals surface area contributed by atoms with Gasteiger partial charge in [-0.1, -0.05) is 12.1 Å². The third-order valence-corrected chi connectivity index (χ3v) is 3.50. The van der Waals surface area contributed by atoms with Gasteiger partial charge in [-0.3, -0.25) is 4.79 Å². The first-order chi connectivity index (χ1) is 11.6. The number of rotatable bonds is 7. The van der Waals surface area contributed by atoms with Crippen molar-refractivity contribution in [2.24, 2.45) is 0 Å². The lowest BCUT2D eigenvalue weighted by molar-refractivity contribution is -0.115. The maximum atomic E-state index is 12.3. The van der Waals surface area contributed by atoms with Crippen LogP contribution in [-0.4, -0.2) is 34.3 Å². The predicted octanol–water partition coefficient (Wildman–Crippen LogP) is 2.90. The second-order valence-electron chi connectivity index (χ2n) is 4.98. The third kappa shape index (κ3) is 4.10. The van der Waals surface area contributed by atoms with Crippen molar-refractivity contribution < 1.29 is 23.7 Å². The highest BCUT2D eigenvalue weighted by molar-refractivity contribution is 5.95. The van der Waals surface area contributed by atoms with Crippen molar-refractivity contribution in [1.82, 2.24) is 0 Å². The second kappa shape index (κ2) is 8.10. The summed E-state index contributed by atoms with van der Waals surface area (Å²) in [6.45, 7) is 0. The van der Waals surface area contributed by atoms with Gasteiger partial charge in [0.05, 0.1) is 34.9 Å². The van der Waals surface area contributed by atoms with Crippen LogP contribution in [0.25, 0.3) is 0 Å². The Morgan fingerprint density at radius 3 is 1.83 bits per heavy atom. The van der Waals surface area contributed by atoms with Crippen molar-refractivity contribution in [2.45, 2.75) is 6.42 Å². The summed E-state index contributed by atoms with van der Waals surface area (Å²) in [4.78, 5) is 12.3. The quantitative estimate of drug-likeness (QED) is 0.845. The van der Waals surface area contributed by atoms with Gasteiger partial charge >= 0.3 is 0 Å². The van der Waals surface area contributed by atoms with Crippen molar-refractivity contribution in [3.63, 3.8) is 0 Å². The molecule has 0 fully saturated rings. The number of carbonyl (C=O) groups excluding carboxylic acids is 1. The average molecular weight is 331 g/mol. The number of ether oxygens (including phenoxy) is 4. The molecule has 6 heteroatoms. The molecule has 2 aromatic rings. The van der Waals surface area contributed by atoms with Crippen molar-refractivity contribution in [3.8, 4) is 23.0 Å². The van der Waals surface area contributed by atoms with Gasteiger partial charge in [-0.15, -0.1) is 0 Å². The van der Waals surface area contributed by atoms with Gasteiger partial charge in [0.2, 0.25) is 5.91 Å². The lowest BCUT2D eigenvalue weighted by Gasteiger charge is -2.15. The summed E-state index contributed by atoms with van der Waals surface area (Å²) in [5, 5.41) is 2.83. The average Bonchev–Trinajstić information content (AvgIpc) is 2.62. The molecule has 0 aliphatic heterocycles. The van der Waals surface area contributed by atoms with Crippen LogP contribution < -0.4 is 24.3 Å². The third-order valence-electron chi connectivity index (χ3n) is 3.50. The van der Waals surface area contributed by atoms with Crippen molar-refractivity contribution >= 4 is 11.6 Å². The van der Waals surface area contributed by atoms with Gasteiger partial charge in [-0.05, 0) is 17.7 Å². The van der Waals surface area contributed by atoms with E-state index in [1.165, 1.54) is 14.2 Å². The van der Waals surface area contributed by atoms with E-state index in [2.05, 4.69) is 5.32 Å². The van der Waals surface area contributed by atoms with E-state index in [0.29, 0.717) is 22.9 Å². The Kier molecular flexibility index (Phi) is 5.89. The minimum atomic E-state index is -0.179. The lowest BCUT2D eigenvalue weighted by Crippen LogP contribution is -2.15. The molecule has 128 valence electrons. The summed E-state index contributed by atoms with van der Waals surface area (Å²) in [5.74, 6) is 2.08. The number of nitrogens with one attached hydrogen (secondary N) is 1. The van der Waals surface area contributed by atoms with Crippen molar-refractivity contribution in [1.29, 1.82) is 0 Å². The Morgan fingerprint density at radius 1 is 0.833 bits per heavy atom. The Hall–Kier alpha value is -2.89. The number of benzene rings is 2. The molecule has 1 N–H and O–H groups in total. The number of carbonyl (C=O) groups is 1. The van der Waals surface area contributed by atoms with Crippen LogP contribution in [0.1, 0.15) is 5.56 Å². The number of hydrogen-bond donors (Lipinski definition) is 1. The number of hydrogen-bond acceptors (Lipinski definition) is 5. The summed E-state index contributed by atoms with van der Waals surface area (Å²) >= 11 is 0. The molecule has 0 heterocycles. The monoisotopic (exact) mass is 331 g/mol. The van der Waals surface area contributed by atoms with Crippen LogP contribution in [0.3, 0.4) is 0 Å². The zero-order valence-corrected chi connectivity index (χ0v) is 14.2. The summed E-state index contributed by atoms with van der Waals surface area (Å²) in [6, 6.07) is 10.7. The molecule has 1 amide bonds. The van der Waals surface area contributed by atoms with Gasteiger partial charge in [0.15, 0.2) is 0 Å². The fraction of sp³-hybridized carbons (Fsp3) is 0.278. The Balaban J connectivity index is 2.18. The van der Waals surface area contributed by atoms with E-state index in [-0.39, 0.29) is 12.3 Å². The van der Waals surface area contributed by atoms with Gasteiger partial charge in [-0.2, -0.15) is 0 Å². The summed E-state index contributed by atoms with van der Waals surface area (Å²) < 4.78 is 20.9. The molecule has 0 spiro atoms. The van der Waals surface area contributed by atoms with Crippen molar-refractivity contribution in [2.75, 3.05) is 33.8 Å². The van der Waals surface area contributed by atoms with E-state index in [9.17, 15) is 4.79 Å².